The molecule has 0 bridgehead atoms. The van der Waals surface area contributed by atoms with Crippen LogP contribution in [0.25, 0.3) is 0 Å². The van der Waals surface area contributed by atoms with E-state index in [0.717, 1.165) is 6.07 Å². The number of nitrogens with one attached hydrogen (secondary N) is 1. The third-order valence-electron chi connectivity index (χ3n) is 2.72. The number of aliphatic hydroxyl groups excluding tert-OH is 1. The first-order chi connectivity index (χ1) is 8.86. The maximum absolute atomic E-state index is 11.9. The van der Waals surface area contributed by atoms with E-state index in [2.05, 4.69) is 5.32 Å². The number of hydrogen-bond acceptors (Lipinski definition) is 4. The summed E-state index contributed by atoms with van der Waals surface area (Å²) in [4.78, 5) is 22.0. The van der Waals surface area contributed by atoms with Gasteiger partial charge in [-0.1, -0.05) is 25.4 Å². The van der Waals surface area contributed by atoms with Crippen molar-refractivity contribution in [2.45, 2.75) is 19.9 Å². The Labute approximate surface area is 115 Å². The van der Waals surface area contributed by atoms with Crippen molar-refractivity contribution in [2.24, 2.45) is 5.92 Å². The van der Waals surface area contributed by atoms with Crippen LogP contribution in [0.5, 0.6) is 0 Å². The molecule has 7 heteroatoms. The highest BCUT2D eigenvalue weighted by atomic mass is 35.5. The average molecular weight is 287 g/mol. The van der Waals surface area contributed by atoms with Crippen LogP contribution >= 0.6 is 11.6 Å². The Morgan fingerprint density at radius 3 is 2.63 bits per heavy atom. The summed E-state index contributed by atoms with van der Waals surface area (Å²) in [5.41, 5.74) is -0.186. The molecule has 6 nitrogen and oxygen atoms in total. The Morgan fingerprint density at radius 2 is 2.16 bits per heavy atom. The monoisotopic (exact) mass is 286 g/mol. The third kappa shape index (κ3) is 3.90. The van der Waals surface area contributed by atoms with Crippen molar-refractivity contribution in [3.8, 4) is 0 Å². The van der Waals surface area contributed by atoms with Crippen LogP contribution in [0.15, 0.2) is 18.2 Å². The van der Waals surface area contributed by atoms with E-state index in [1.807, 2.05) is 13.8 Å². The minimum atomic E-state index is -0.648. The standard InChI is InChI=1S/C12H15ClN2O4/c1-7(2)10(6-16)14-12(17)8-3-4-9(13)11(5-8)15(18)19/h3-5,7,10,16H,6H2,1-2H3,(H,14,17). The maximum atomic E-state index is 11.9. The molecule has 0 heterocycles. The van der Waals surface area contributed by atoms with Gasteiger partial charge in [0.05, 0.1) is 17.6 Å². The molecule has 1 atom stereocenters. The predicted octanol–water partition coefficient (Wildman–Crippen LogP) is 1.99. The summed E-state index contributed by atoms with van der Waals surface area (Å²) < 4.78 is 0. The SMILES string of the molecule is CC(C)C(CO)NC(=O)c1ccc(Cl)c([N+](=O)[O-])c1. The van der Waals surface area contributed by atoms with Crippen LogP contribution in [0.1, 0.15) is 24.2 Å². The van der Waals surface area contributed by atoms with E-state index < -0.39 is 16.9 Å². The zero-order valence-corrected chi connectivity index (χ0v) is 11.3. The second-order valence-corrected chi connectivity index (χ2v) is 4.84. The minimum Gasteiger partial charge on any atom is -0.394 e. The van der Waals surface area contributed by atoms with Gasteiger partial charge in [-0.15, -0.1) is 0 Å². The van der Waals surface area contributed by atoms with Gasteiger partial charge in [-0.05, 0) is 18.1 Å². The summed E-state index contributed by atoms with van der Waals surface area (Å²) in [7, 11) is 0. The molecule has 0 spiro atoms. The van der Waals surface area contributed by atoms with Crippen LogP contribution in [0.4, 0.5) is 5.69 Å². The summed E-state index contributed by atoms with van der Waals surface area (Å²) in [6.45, 7) is 3.51. The molecule has 1 amide bonds. The molecule has 2 N–H and O–H groups in total. The normalized spacial score (nSPS) is 12.3. The molecule has 0 aliphatic rings. The lowest BCUT2D eigenvalue weighted by atomic mass is 10.0. The number of nitrogens with zero attached hydrogens (tertiary/aromatic N) is 1. The van der Waals surface area contributed by atoms with E-state index >= 15 is 0 Å². The molecule has 19 heavy (non-hydrogen) atoms. The summed E-state index contributed by atoms with van der Waals surface area (Å²) in [5, 5.41) is 22.5. The second-order valence-electron chi connectivity index (χ2n) is 4.43. The molecular weight excluding hydrogens is 272 g/mol. The number of hydrogen-bond donors (Lipinski definition) is 2. The fourth-order valence-electron chi connectivity index (χ4n) is 1.47. The largest absolute Gasteiger partial charge is 0.394 e. The minimum absolute atomic E-state index is 0.0240. The van der Waals surface area contributed by atoms with E-state index in [1.54, 1.807) is 0 Å². The Balaban J connectivity index is 2.94. The first kappa shape index (κ1) is 15.4. The van der Waals surface area contributed by atoms with Crippen molar-refractivity contribution in [1.29, 1.82) is 0 Å². The van der Waals surface area contributed by atoms with Crippen LogP contribution in [0.2, 0.25) is 5.02 Å². The van der Waals surface area contributed by atoms with Crippen molar-refractivity contribution in [3.05, 3.63) is 38.9 Å². The molecule has 0 saturated heterocycles. The van der Waals surface area contributed by atoms with Gasteiger partial charge in [0.1, 0.15) is 5.02 Å². The number of benzene rings is 1. The van der Waals surface area contributed by atoms with Gasteiger partial charge in [-0.2, -0.15) is 0 Å². The summed E-state index contributed by atoms with van der Waals surface area (Å²) in [5.74, 6) is -0.427. The van der Waals surface area contributed by atoms with E-state index in [9.17, 15) is 14.9 Å². The van der Waals surface area contributed by atoms with Crippen molar-refractivity contribution >= 4 is 23.2 Å². The van der Waals surface area contributed by atoms with Gasteiger partial charge < -0.3 is 10.4 Å². The third-order valence-corrected chi connectivity index (χ3v) is 3.04. The Morgan fingerprint density at radius 1 is 1.53 bits per heavy atom. The topological polar surface area (TPSA) is 92.5 Å². The quantitative estimate of drug-likeness (QED) is 0.639. The van der Waals surface area contributed by atoms with Gasteiger partial charge >= 0.3 is 0 Å². The number of amides is 1. The fourth-order valence-corrected chi connectivity index (χ4v) is 1.66. The summed E-state index contributed by atoms with van der Waals surface area (Å²) in [6.07, 6.45) is 0. The van der Waals surface area contributed by atoms with Gasteiger partial charge in [0, 0.05) is 11.6 Å². The first-order valence-electron chi connectivity index (χ1n) is 5.72. The Kier molecular flexibility index (Phi) is 5.26. The number of rotatable bonds is 5. The zero-order chi connectivity index (χ0) is 14.6. The molecule has 0 radical (unpaired) electrons. The lowest BCUT2D eigenvalue weighted by molar-refractivity contribution is -0.384. The smallest absolute Gasteiger partial charge is 0.288 e. The first-order valence-corrected chi connectivity index (χ1v) is 6.10. The molecule has 0 aliphatic carbocycles. The van der Waals surface area contributed by atoms with E-state index in [-0.39, 0.29) is 28.8 Å². The number of aliphatic hydroxyl groups is 1. The highest BCUT2D eigenvalue weighted by Crippen LogP contribution is 2.25. The molecule has 0 saturated carbocycles. The molecule has 1 rings (SSSR count). The molecule has 1 aromatic carbocycles. The molecule has 0 aliphatic heterocycles. The fraction of sp³-hybridized carbons (Fsp3) is 0.417. The molecule has 1 unspecified atom stereocenters. The lowest BCUT2D eigenvalue weighted by Gasteiger charge is -2.19. The van der Waals surface area contributed by atoms with Crippen LogP contribution in [0.3, 0.4) is 0 Å². The summed E-state index contributed by atoms with van der Waals surface area (Å²) >= 11 is 5.67. The zero-order valence-electron chi connectivity index (χ0n) is 10.6. The van der Waals surface area contributed by atoms with Crippen molar-refractivity contribution in [2.75, 3.05) is 6.61 Å². The Hall–Kier alpha value is -1.66. The average Bonchev–Trinajstić information content (AvgIpc) is 2.35. The second kappa shape index (κ2) is 6.49. The van der Waals surface area contributed by atoms with E-state index in [1.165, 1.54) is 12.1 Å². The van der Waals surface area contributed by atoms with Crippen molar-refractivity contribution in [1.82, 2.24) is 5.32 Å². The van der Waals surface area contributed by atoms with Gasteiger partial charge in [0.2, 0.25) is 0 Å². The van der Waals surface area contributed by atoms with Gasteiger partial charge in [0.15, 0.2) is 0 Å². The van der Waals surface area contributed by atoms with Gasteiger partial charge in [-0.3, -0.25) is 14.9 Å². The van der Waals surface area contributed by atoms with Crippen LogP contribution in [0, 0.1) is 16.0 Å². The highest BCUT2D eigenvalue weighted by Gasteiger charge is 2.19. The summed E-state index contributed by atoms with van der Waals surface area (Å²) in [6, 6.07) is 3.42. The van der Waals surface area contributed by atoms with Crippen LogP contribution < -0.4 is 5.32 Å². The highest BCUT2D eigenvalue weighted by molar-refractivity contribution is 6.32. The van der Waals surface area contributed by atoms with Crippen LogP contribution in [-0.4, -0.2) is 28.6 Å². The number of nitro benzene ring substituents is 1. The number of carbonyl (C=O) groups excluding carboxylic acids is 1. The molecule has 0 fully saturated rings. The lowest BCUT2D eigenvalue weighted by Crippen LogP contribution is -2.41. The van der Waals surface area contributed by atoms with E-state index in [4.69, 9.17) is 16.7 Å². The number of nitro groups is 1. The molecule has 104 valence electrons. The number of halogens is 1. The number of carbonyl (C=O) groups is 1. The van der Waals surface area contributed by atoms with E-state index in [0.29, 0.717) is 0 Å². The molecular formula is C12H15ClN2O4. The molecule has 1 aromatic rings. The van der Waals surface area contributed by atoms with Gasteiger partial charge in [0.25, 0.3) is 11.6 Å². The van der Waals surface area contributed by atoms with Crippen molar-refractivity contribution in [3.63, 3.8) is 0 Å². The van der Waals surface area contributed by atoms with Gasteiger partial charge in [-0.25, -0.2) is 0 Å². The molecule has 0 aromatic heterocycles. The maximum Gasteiger partial charge on any atom is 0.288 e. The Bertz CT molecular complexity index is 491. The van der Waals surface area contributed by atoms with Crippen LogP contribution in [-0.2, 0) is 0 Å². The predicted molar refractivity (Wildman–Crippen MR) is 71.3 cm³/mol. The van der Waals surface area contributed by atoms with Crippen molar-refractivity contribution < 1.29 is 14.8 Å².